The predicted octanol–water partition coefficient (Wildman–Crippen LogP) is 2.10. The molecule has 3 aromatic carbocycles. The maximum atomic E-state index is 12.3. The van der Waals surface area contributed by atoms with Gasteiger partial charge in [0.15, 0.2) is 5.17 Å². The number of carbonyl (C=O) groups is 3. The molecule has 1 fully saturated rings. The molecule has 0 radical (unpaired) electrons. The molecular formula is C26H22N3NaO4S. The molecule has 0 aromatic heterocycles. The van der Waals surface area contributed by atoms with Gasteiger partial charge in [0.1, 0.15) is 0 Å². The predicted molar refractivity (Wildman–Crippen MR) is 136 cm³/mol. The van der Waals surface area contributed by atoms with Crippen molar-refractivity contribution in [1.29, 1.82) is 0 Å². The van der Waals surface area contributed by atoms with E-state index in [1.165, 1.54) is 18.7 Å². The zero-order chi connectivity index (χ0) is 24.5. The summed E-state index contributed by atoms with van der Waals surface area (Å²) in [6.45, 7) is 2.57. The van der Waals surface area contributed by atoms with Gasteiger partial charge in [0.05, 0.1) is 4.91 Å². The third kappa shape index (κ3) is 9.18. The van der Waals surface area contributed by atoms with Crippen molar-refractivity contribution in [2.45, 2.75) is 13.8 Å². The molecule has 2 amide bonds. The van der Waals surface area contributed by atoms with Gasteiger partial charge in [-0.25, -0.2) is 0 Å². The van der Waals surface area contributed by atoms with Crippen LogP contribution in [0.5, 0.6) is 0 Å². The smallest absolute Gasteiger partial charge is 0.481 e. The van der Waals surface area contributed by atoms with Crippen LogP contribution in [0.15, 0.2) is 82.7 Å². The summed E-state index contributed by atoms with van der Waals surface area (Å²) < 4.78 is 0. The number of rotatable bonds is 4. The molecule has 9 heteroatoms. The van der Waals surface area contributed by atoms with Crippen molar-refractivity contribution in [3.63, 3.8) is 0 Å². The topological polar surface area (TPSA) is 108 Å². The van der Waals surface area contributed by atoms with Gasteiger partial charge in [0.25, 0.3) is 11.9 Å². The second-order valence-electron chi connectivity index (χ2n) is 7.14. The van der Waals surface area contributed by atoms with Gasteiger partial charge in [0.2, 0.25) is 5.91 Å². The number of amides is 2. The van der Waals surface area contributed by atoms with Crippen molar-refractivity contribution in [2.75, 3.05) is 5.32 Å². The number of hydrogen-bond donors (Lipinski definition) is 3. The Kier molecular flexibility index (Phi) is 10.9. The Labute approximate surface area is 230 Å². The van der Waals surface area contributed by atoms with Crippen LogP contribution in [0.4, 0.5) is 11.4 Å². The van der Waals surface area contributed by atoms with Crippen LogP contribution in [0, 0.1) is 6.07 Å². The van der Waals surface area contributed by atoms with Crippen molar-refractivity contribution >= 4 is 52.2 Å². The molecule has 4 rings (SSSR count). The van der Waals surface area contributed by atoms with Crippen LogP contribution in [0.3, 0.4) is 0 Å². The quantitative estimate of drug-likeness (QED) is 0.292. The van der Waals surface area contributed by atoms with Gasteiger partial charge in [-0.05, 0) is 52.3 Å². The second kappa shape index (κ2) is 13.7. The maximum Gasteiger partial charge on any atom is 1.00 e. The summed E-state index contributed by atoms with van der Waals surface area (Å²) in [4.78, 5) is 37.4. The number of nitrogens with one attached hydrogen (secondary N) is 2. The zero-order valence-electron chi connectivity index (χ0n) is 19.5. The Hall–Kier alpha value is -3.17. The van der Waals surface area contributed by atoms with Crippen LogP contribution < -0.4 is 40.2 Å². The number of thioether (sulfide) groups is 1. The summed E-state index contributed by atoms with van der Waals surface area (Å²) in [5, 5.41) is 13.5. The monoisotopic (exact) mass is 495 g/mol. The van der Waals surface area contributed by atoms with E-state index in [-0.39, 0.29) is 41.4 Å². The molecule has 1 saturated heterocycles. The van der Waals surface area contributed by atoms with Gasteiger partial charge in [0, 0.05) is 19.5 Å². The summed E-state index contributed by atoms with van der Waals surface area (Å²) in [6, 6.07) is 25.8. The molecule has 1 heterocycles. The fraction of sp³-hybridized carbons (Fsp3) is 0.0769. The van der Waals surface area contributed by atoms with Crippen LogP contribution >= 0.6 is 11.8 Å². The van der Waals surface area contributed by atoms with E-state index in [0.29, 0.717) is 10.1 Å². The molecule has 0 atom stereocenters. The van der Waals surface area contributed by atoms with E-state index < -0.39 is 5.97 Å². The third-order valence-electron chi connectivity index (χ3n) is 4.33. The number of aliphatic imine (C=N–C) groups is 1. The minimum atomic E-state index is -0.833. The van der Waals surface area contributed by atoms with Crippen molar-refractivity contribution in [3.8, 4) is 11.1 Å². The first-order valence-corrected chi connectivity index (χ1v) is 11.0. The summed E-state index contributed by atoms with van der Waals surface area (Å²) in [5.41, 5.74) is 4.57. The van der Waals surface area contributed by atoms with E-state index >= 15 is 0 Å². The maximum absolute atomic E-state index is 12.3. The minimum absolute atomic E-state index is 0. The zero-order valence-corrected chi connectivity index (χ0v) is 22.3. The van der Waals surface area contributed by atoms with Crippen molar-refractivity contribution in [3.05, 3.63) is 89.3 Å². The van der Waals surface area contributed by atoms with Gasteiger partial charge in [-0.1, -0.05) is 36.4 Å². The first kappa shape index (κ1) is 28.1. The van der Waals surface area contributed by atoms with Crippen LogP contribution in [0.1, 0.15) is 19.4 Å². The number of aliphatic carboxylic acids is 1. The summed E-state index contributed by atoms with van der Waals surface area (Å²) in [6.07, 6.45) is 1.85. The molecule has 0 saturated carbocycles. The molecule has 3 aromatic rings. The molecule has 0 unspecified atom stereocenters. The molecule has 3 N–H and O–H groups in total. The van der Waals surface area contributed by atoms with E-state index in [0.717, 1.165) is 35.0 Å². The van der Waals surface area contributed by atoms with E-state index in [9.17, 15) is 9.59 Å². The number of carbonyl (C=O) groups excluding carboxylic acids is 2. The van der Waals surface area contributed by atoms with Gasteiger partial charge >= 0.3 is 29.6 Å². The van der Waals surface area contributed by atoms with Gasteiger partial charge < -0.3 is 15.7 Å². The normalized spacial score (nSPS) is 14.4. The first-order chi connectivity index (χ1) is 16.3. The Morgan fingerprint density at radius 2 is 1.51 bits per heavy atom. The molecule has 1 aliphatic rings. The number of anilines is 1. The second-order valence-corrected chi connectivity index (χ2v) is 8.17. The fourth-order valence-corrected chi connectivity index (χ4v) is 3.76. The number of carboxylic acid groups (broad SMARTS) is 1. The molecule has 7 nitrogen and oxygen atoms in total. The SMILES string of the molecule is CC(=O)Nc1ccc(-c2ccc(C=C3SC(=Nc4cc[c-]cc4)NC3=O)cc2)cc1.CC(=O)O.[Na+]. The number of hydrogen-bond acceptors (Lipinski definition) is 5. The average Bonchev–Trinajstić information content (AvgIpc) is 3.13. The minimum Gasteiger partial charge on any atom is -0.481 e. The van der Waals surface area contributed by atoms with Gasteiger partial charge in [-0.15, -0.1) is 12.1 Å². The average molecular weight is 496 g/mol. The molecule has 0 spiro atoms. The molecule has 0 bridgehead atoms. The Morgan fingerprint density at radius 1 is 0.971 bits per heavy atom. The van der Waals surface area contributed by atoms with E-state index in [1.807, 2.05) is 66.7 Å². The number of nitrogens with zero attached hydrogens (tertiary/aromatic N) is 1. The van der Waals surface area contributed by atoms with Crippen molar-refractivity contribution in [2.24, 2.45) is 4.99 Å². The number of carboxylic acids is 1. The van der Waals surface area contributed by atoms with Crippen LogP contribution in [0.2, 0.25) is 0 Å². The Morgan fingerprint density at radius 3 is 2.06 bits per heavy atom. The van der Waals surface area contributed by atoms with E-state index in [2.05, 4.69) is 21.7 Å². The van der Waals surface area contributed by atoms with Crippen molar-refractivity contribution in [1.82, 2.24) is 5.32 Å². The van der Waals surface area contributed by atoms with E-state index in [4.69, 9.17) is 9.90 Å². The van der Waals surface area contributed by atoms with Crippen LogP contribution in [0.25, 0.3) is 17.2 Å². The van der Waals surface area contributed by atoms with Gasteiger partial charge in [-0.2, -0.15) is 18.2 Å². The number of amidine groups is 1. The first-order valence-electron chi connectivity index (χ1n) is 10.2. The standard InChI is InChI=1S/C24H18N3O2S.C2H4O2.Na/c1-16(28)25-21-13-11-19(12-14-21)18-9-7-17(8-10-18)15-22-23(29)27-24(30-22)26-20-5-3-2-4-6-20;1-2(3)4;/h3-15H,1H3,(H,25,28)(H,26,27,29);1H3,(H,3,4);/q-1;;+1. The van der Waals surface area contributed by atoms with Crippen LogP contribution in [-0.4, -0.2) is 28.1 Å². The Balaban J connectivity index is 0.000000804. The van der Waals surface area contributed by atoms with E-state index in [1.54, 1.807) is 12.1 Å². The molecule has 35 heavy (non-hydrogen) atoms. The fourth-order valence-electron chi connectivity index (χ4n) is 2.92. The summed E-state index contributed by atoms with van der Waals surface area (Å²) in [7, 11) is 0. The van der Waals surface area contributed by atoms with Crippen molar-refractivity contribution < 1.29 is 49.0 Å². The summed E-state index contributed by atoms with van der Waals surface area (Å²) in [5.74, 6) is -1.08. The third-order valence-corrected chi connectivity index (χ3v) is 5.24. The molecule has 1 aliphatic heterocycles. The Bertz CT molecular complexity index is 1240. The molecular weight excluding hydrogens is 473 g/mol. The number of benzene rings is 3. The van der Waals surface area contributed by atoms with Gasteiger partial charge in [-0.3, -0.25) is 19.4 Å². The van der Waals surface area contributed by atoms with Crippen LogP contribution in [-0.2, 0) is 14.4 Å². The molecule has 0 aliphatic carbocycles. The largest absolute Gasteiger partial charge is 1.00 e. The molecule has 172 valence electrons. The summed E-state index contributed by atoms with van der Waals surface area (Å²) >= 11 is 1.32.